The Morgan fingerprint density at radius 3 is 2.75 bits per heavy atom. The zero-order valence-corrected chi connectivity index (χ0v) is 6.93. The van der Waals surface area contributed by atoms with Gasteiger partial charge in [0.2, 0.25) is 0 Å². The fraction of sp³-hybridized carbons (Fsp3) is 0.333. The molecule has 0 spiro atoms. The average molecular weight is 165 g/mol. The van der Waals surface area contributed by atoms with Crippen LogP contribution >= 0.6 is 0 Å². The molecular formula is C9H11NO2. The standard InChI is InChI=1S/C9H11NO2/c1-2-9(12-7-11)8-3-5-10-6-4-8/h3-7,9H,2H2,1H3. The van der Waals surface area contributed by atoms with Crippen molar-refractivity contribution in [1.29, 1.82) is 0 Å². The van der Waals surface area contributed by atoms with Crippen molar-refractivity contribution >= 4 is 6.47 Å². The van der Waals surface area contributed by atoms with Crippen molar-refractivity contribution < 1.29 is 9.53 Å². The number of rotatable bonds is 4. The molecule has 0 radical (unpaired) electrons. The number of carbonyl (C=O) groups is 1. The van der Waals surface area contributed by atoms with Crippen LogP contribution in [0.4, 0.5) is 0 Å². The van der Waals surface area contributed by atoms with Crippen molar-refractivity contribution in [2.45, 2.75) is 19.4 Å². The van der Waals surface area contributed by atoms with E-state index in [0.29, 0.717) is 6.47 Å². The molecule has 0 N–H and O–H groups in total. The van der Waals surface area contributed by atoms with Gasteiger partial charge in [-0.05, 0) is 24.1 Å². The number of aromatic nitrogens is 1. The van der Waals surface area contributed by atoms with Crippen LogP contribution in [0.25, 0.3) is 0 Å². The van der Waals surface area contributed by atoms with Gasteiger partial charge < -0.3 is 4.74 Å². The minimum absolute atomic E-state index is 0.134. The highest BCUT2D eigenvalue weighted by Gasteiger charge is 2.07. The molecule has 1 rings (SSSR count). The molecule has 64 valence electrons. The first-order valence-corrected chi connectivity index (χ1v) is 3.87. The average Bonchev–Trinajstić information content (AvgIpc) is 2.15. The van der Waals surface area contributed by atoms with Gasteiger partial charge in [0.25, 0.3) is 6.47 Å². The lowest BCUT2D eigenvalue weighted by atomic mass is 10.1. The highest BCUT2D eigenvalue weighted by atomic mass is 16.5. The van der Waals surface area contributed by atoms with E-state index >= 15 is 0 Å². The summed E-state index contributed by atoms with van der Waals surface area (Å²) in [6, 6.07) is 3.69. The number of hydrogen-bond acceptors (Lipinski definition) is 3. The third-order valence-electron chi connectivity index (χ3n) is 1.67. The lowest BCUT2D eigenvalue weighted by Crippen LogP contribution is -2.01. The summed E-state index contributed by atoms with van der Waals surface area (Å²) in [7, 11) is 0. The first-order valence-electron chi connectivity index (χ1n) is 3.87. The molecule has 1 aromatic rings. The van der Waals surface area contributed by atoms with Crippen molar-refractivity contribution in [3.05, 3.63) is 30.1 Å². The van der Waals surface area contributed by atoms with Crippen molar-refractivity contribution in [3.8, 4) is 0 Å². The van der Waals surface area contributed by atoms with Gasteiger partial charge >= 0.3 is 0 Å². The summed E-state index contributed by atoms with van der Waals surface area (Å²) in [6.45, 7) is 2.45. The summed E-state index contributed by atoms with van der Waals surface area (Å²) in [5.74, 6) is 0. The molecule has 0 fully saturated rings. The second-order valence-electron chi connectivity index (χ2n) is 2.41. The number of pyridine rings is 1. The van der Waals surface area contributed by atoms with Gasteiger partial charge in [-0.25, -0.2) is 0 Å². The Bertz CT molecular complexity index is 236. The molecule has 0 saturated carbocycles. The molecule has 3 nitrogen and oxygen atoms in total. The number of ether oxygens (including phenoxy) is 1. The molecule has 1 atom stereocenters. The Labute approximate surface area is 71.4 Å². The van der Waals surface area contributed by atoms with E-state index < -0.39 is 0 Å². The summed E-state index contributed by atoms with van der Waals surface area (Å²) in [6.07, 6.45) is 4.02. The second-order valence-corrected chi connectivity index (χ2v) is 2.41. The Hall–Kier alpha value is -1.38. The van der Waals surface area contributed by atoms with E-state index in [9.17, 15) is 4.79 Å². The Morgan fingerprint density at radius 2 is 2.25 bits per heavy atom. The van der Waals surface area contributed by atoms with Gasteiger partial charge in [-0.1, -0.05) is 6.92 Å². The maximum Gasteiger partial charge on any atom is 0.293 e. The summed E-state index contributed by atoms with van der Waals surface area (Å²) < 4.78 is 4.87. The Kier molecular flexibility index (Phi) is 3.26. The van der Waals surface area contributed by atoms with Gasteiger partial charge in [-0.2, -0.15) is 0 Å². The third kappa shape index (κ3) is 2.05. The van der Waals surface area contributed by atoms with Gasteiger partial charge in [0, 0.05) is 12.4 Å². The van der Waals surface area contributed by atoms with E-state index in [2.05, 4.69) is 4.98 Å². The topological polar surface area (TPSA) is 39.2 Å². The fourth-order valence-corrected chi connectivity index (χ4v) is 1.06. The molecule has 0 bridgehead atoms. The zero-order valence-electron chi connectivity index (χ0n) is 6.93. The molecule has 0 aromatic carbocycles. The van der Waals surface area contributed by atoms with Crippen LogP contribution in [0.15, 0.2) is 24.5 Å². The van der Waals surface area contributed by atoms with Crippen LogP contribution in [0.3, 0.4) is 0 Å². The van der Waals surface area contributed by atoms with E-state index in [1.165, 1.54) is 0 Å². The lowest BCUT2D eigenvalue weighted by molar-refractivity contribution is -0.134. The predicted molar refractivity (Wildman–Crippen MR) is 44.4 cm³/mol. The SMILES string of the molecule is CCC(OC=O)c1ccncc1. The predicted octanol–water partition coefficient (Wildman–Crippen LogP) is 1.71. The van der Waals surface area contributed by atoms with E-state index in [-0.39, 0.29) is 6.10 Å². The van der Waals surface area contributed by atoms with Crippen molar-refractivity contribution in [2.75, 3.05) is 0 Å². The van der Waals surface area contributed by atoms with Gasteiger partial charge in [-0.15, -0.1) is 0 Å². The summed E-state index contributed by atoms with van der Waals surface area (Å²) in [5.41, 5.74) is 0.986. The molecule has 0 amide bonds. The minimum atomic E-state index is -0.134. The van der Waals surface area contributed by atoms with Crippen LogP contribution in [-0.2, 0) is 9.53 Å². The van der Waals surface area contributed by atoms with Crippen LogP contribution in [0.1, 0.15) is 25.0 Å². The minimum Gasteiger partial charge on any atom is -0.460 e. The smallest absolute Gasteiger partial charge is 0.293 e. The lowest BCUT2D eigenvalue weighted by Gasteiger charge is -2.11. The van der Waals surface area contributed by atoms with E-state index in [1.807, 2.05) is 19.1 Å². The Morgan fingerprint density at radius 1 is 1.58 bits per heavy atom. The molecule has 0 aliphatic heterocycles. The number of nitrogens with zero attached hydrogens (tertiary/aromatic N) is 1. The van der Waals surface area contributed by atoms with E-state index in [1.54, 1.807) is 12.4 Å². The van der Waals surface area contributed by atoms with Crippen molar-refractivity contribution in [1.82, 2.24) is 4.98 Å². The fourth-order valence-electron chi connectivity index (χ4n) is 1.06. The molecule has 3 heteroatoms. The molecule has 12 heavy (non-hydrogen) atoms. The van der Waals surface area contributed by atoms with Gasteiger partial charge in [0.15, 0.2) is 0 Å². The third-order valence-corrected chi connectivity index (χ3v) is 1.67. The second kappa shape index (κ2) is 4.49. The van der Waals surface area contributed by atoms with Crippen LogP contribution in [-0.4, -0.2) is 11.5 Å². The van der Waals surface area contributed by atoms with Gasteiger partial charge in [0.05, 0.1) is 0 Å². The quantitative estimate of drug-likeness (QED) is 0.637. The van der Waals surface area contributed by atoms with Gasteiger partial charge in [-0.3, -0.25) is 9.78 Å². The first-order chi connectivity index (χ1) is 5.88. The zero-order chi connectivity index (χ0) is 8.81. The Balaban J connectivity index is 2.72. The van der Waals surface area contributed by atoms with Gasteiger partial charge in [0.1, 0.15) is 6.10 Å². The summed E-state index contributed by atoms with van der Waals surface area (Å²) >= 11 is 0. The summed E-state index contributed by atoms with van der Waals surface area (Å²) in [4.78, 5) is 14.0. The van der Waals surface area contributed by atoms with Crippen molar-refractivity contribution in [2.24, 2.45) is 0 Å². The van der Waals surface area contributed by atoms with Crippen LogP contribution in [0.2, 0.25) is 0 Å². The maximum atomic E-state index is 10.1. The molecule has 0 saturated heterocycles. The van der Waals surface area contributed by atoms with E-state index in [4.69, 9.17) is 4.74 Å². The molecule has 0 aliphatic carbocycles. The largest absolute Gasteiger partial charge is 0.460 e. The maximum absolute atomic E-state index is 10.1. The summed E-state index contributed by atoms with van der Waals surface area (Å²) in [5, 5.41) is 0. The molecule has 0 aliphatic rings. The number of hydrogen-bond donors (Lipinski definition) is 0. The number of carbonyl (C=O) groups excluding carboxylic acids is 1. The van der Waals surface area contributed by atoms with Crippen LogP contribution in [0.5, 0.6) is 0 Å². The normalized spacial score (nSPS) is 12.1. The highest BCUT2D eigenvalue weighted by Crippen LogP contribution is 2.18. The molecular weight excluding hydrogens is 154 g/mol. The van der Waals surface area contributed by atoms with Crippen molar-refractivity contribution in [3.63, 3.8) is 0 Å². The molecule has 1 aromatic heterocycles. The monoisotopic (exact) mass is 165 g/mol. The molecule has 1 unspecified atom stereocenters. The first kappa shape index (κ1) is 8.71. The van der Waals surface area contributed by atoms with E-state index in [0.717, 1.165) is 12.0 Å². The molecule has 1 heterocycles. The van der Waals surface area contributed by atoms with Crippen LogP contribution in [0, 0.1) is 0 Å². The highest BCUT2D eigenvalue weighted by molar-refractivity contribution is 5.38. The van der Waals surface area contributed by atoms with Crippen LogP contribution < -0.4 is 0 Å².